The minimum atomic E-state index is -3.77. The summed E-state index contributed by atoms with van der Waals surface area (Å²) in [7, 11) is -3.77. The predicted molar refractivity (Wildman–Crippen MR) is 116 cm³/mol. The number of ketones is 1. The van der Waals surface area contributed by atoms with Gasteiger partial charge in [-0.3, -0.25) is 4.79 Å². The zero-order valence-electron chi connectivity index (χ0n) is 15.5. The van der Waals surface area contributed by atoms with Crippen molar-refractivity contribution in [2.24, 2.45) is 11.1 Å². The molecule has 1 aliphatic carbocycles. The van der Waals surface area contributed by atoms with Crippen LogP contribution < -0.4 is 5.14 Å². The van der Waals surface area contributed by atoms with Crippen LogP contribution in [0.15, 0.2) is 53.4 Å². The maximum Gasteiger partial charge on any atom is 0.238 e. The SMILES string of the molecule is NS(=O)(=O)c1ccc(-c2sc(C(=O)C3CCCC3)nc2-c2ccc(Cl)cc2)cc1. The number of sulfonamides is 1. The van der Waals surface area contributed by atoms with E-state index in [-0.39, 0.29) is 16.6 Å². The number of hydrogen-bond donors (Lipinski definition) is 1. The van der Waals surface area contributed by atoms with Crippen molar-refractivity contribution in [3.63, 3.8) is 0 Å². The van der Waals surface area contributed by atoms with E-state index in [1.54, 1.807) is 24.3 Å². The largest absolute Gasteiger partial charge is 0.291 e. The molecule has 0 saturated heterocycles. The average molecular weight is 447 g/mol. The highest BCUT2D eigenvalue weighted by Crippen LogP contribution is 2.39. The van der Waals surface area contributed by atoms with E-state index in [1.165, 1.54) is 23.5 Å². The summed E-state index contributed by atoms with van der Waals surface area (Å²) in [5, 5.41) is 6.31. The second-order valence-electron chi connectivity index (χ2n) is 7.12. The summed E-state index contributed by atoms with van der Waals surface area (Å²) in [6, 6.07) is 13.6. The molecule has 4 rings (SSSR count). The Labute approximate surface area is 178 Å². The Bertz CT molecular complexity index is 1150. The molecule has 0 unspecified atom stereocenters. The van der Waals surface area contributed by atoms with Gasteiger partial charge in [-0.2, -0.15) is 0 Å². The van der Waals surface area contributed by atoms with Gasteiger partial charge in [0.2, 0.25) is 10.0 Å². The van der Waals surface area contributed by atoms with E-state index in [0.29, 0.717) is 15.7 Å². The first-order valence-electron chi connectivity index (χ1n) is 9.27. The van der Waals surface area contributed by atoms with Crippen molar-refractivity contribution in [3.8, 4) is 21.7 Å². The molecule has 5 nitrogen and oxygen atoms in total. The lowest BCUT2D eigenvalue weighted by Crippen LogP contribution is -2.11. The van der Waals surface area contributed by atoms with Crippen LogP contribution in [0.4, 0.5) is 0 Å². The summed E-state index contributed by atoms with van der Waals surface area (Å²) in [5.41, 5.74) is 2.32. The minimum absolute atomic E-state index is 0.0387. The van der Waals surface area contributed by atoms with Crippen LogP contribution >= 0.6 is 22.9 Å². The van der Waals surface area contributed by atoms with E-state index in [0.717, 1.165) is 41.7 Å². The number of benzene rings is 2. The Balaban J connectivity index is 1.80. The first-order chi connectivity index (χ1) is 13.8. The molecule has 8 heteroatoms. The maximum absolute atomic E-state index is 12.9. The monoisotopic (exact) mass is 446 g/mol. The van der Waals surface area contributed by atoms with E-state index < -0.39 is 10.0 Å². The van der Waals surface area contributed by atoms with Gasteiger partial charge < -0.3 is 0 Å². The van der Waals surface area contributed by atoms with Crippen molar-refractivity contribution in [1.82, 2.24) is 4.98 Å². The fourth-order valence-electron chi connectivity index (χ4n) is 3.58. The number of thiazole rings is 1. The molecule has 0 spiro atoms. The summed E-state index contributed by atoms with van der Waals surface area (Å²) in [5.74, 6) is 0.131. The molecular formula is C21H19ClN2O3S2. The van der Waals surface area contributed by atoms with Gasteiger partial charge in [0, 0.05) is 16.5 Å². The lowest BCUT2D eigenvalue weighted by molar-refractivity contribution is 0.0922. The third-order valence-corrected chi connectivity index (χ3v) is 7.43. The second-order valence-corrected chi connectivity index (χ2v) is 10.1. The first kappa shape index (κ1) is 20.2. The molecule has 3 aromatic rings. The molecule has 29 heavy (non-hydrogen) atoms. The van der Waals surface area contributed by atoms with Gasteiger partial charge in [-0.25, -0.2) is 18.5 Å². The van der Waals surface area contributed by atoms with Crippen molar-refractivity contribution in [2.75, 3.05) is 0 Å². The molecule has 1 aliphatic rings. The first-order valence-corrected chi connectivity index (χ1v) is 12.0. The highest BCUT2D eigenvalue weighted by atomic mass is 35.5. The Morgan fingerprint density at radius 2 is 1.59 bits per heavy atom. The molecule has 0 aliphatic heterocycles. The molecule has 1 fully saturated rings. The van der Waals surface area contributed by atoms with Gasteiger partial charge in [0.25, 0.3) is 0 Å². The molecule has 2 N–H and O–H groups in total. The van der Waals surface area contributed by atoms with Crippen molar-refractivity contribution in [3.05, 3.63) is 58.6 Å². The molecule has 1 aromatic heterocycles. The van der Waals surface area contributed by atoms with Crippen LogP contribution in [0.5, 0.6) is 0 Å². The van der Waals surface area contributed by atoms with Crippen LogP contribution in [-0.2, 0) is 10.0 Å². The van der Waals surface area contributed by atoms with Crippen LogP contribution in [0.1, 0.15) is 35.5 Å². The molecule has 2 aromatic carbocycles. The average Bonchev–Trinajstić information content (AvgIpc) is 3.38. The number of hydrogen-bond acceptors (Lipinski definition) is 5. The lowest BCUT2D eigenvalue weighted by Gasteiger charge is -2.04. The van der Waals surface area contributed by atoms with Gasteiger partial charge in [-0.1, -0.05) is 48.7 Å². The molecule has 150 valence electrons. The van der Waals surface area contributed by atoms with E-state index >= 15 is 0 Å². The van der Waals surface area contributed by atoms with Crippen molar-refractivity contribution < 1.29 is 13.2 Å². The van der Waals surface area contributed by atoms with Crippen LogP contribution in [0.3, 0.4) is 0 Å². The summed E-state index contributed by atoms with van der Waals surface area (Å²) in [4.78, 5) is 18.5. The quantitative estimate of drug-likeness (QED) is 0.548. The zero-order valence-corrected chi connectivity index (χ0v) is 17.9. The maximum atomic E-state index is 12.9. The highest BCUT2D eigenvalue weighted by molar-refractivity contribution is 7.89. The number of carbonyl (C=O) groups excluding carboxylic acids is 1. The normalized spacial score (nSPS) is 15.0. The fraction of sp³-hybridized carbons (Fsp3) is 0.238. The number of carbonyl (C=O) groups is 1. The number of nitrogens with zero attached hydrogens (tertiary/aromatic N) is 1. The fourth-order valence-corrected chi connectivity index (χ4v) is 5.34. The molecular weight excluding hydrogens is 428 g/mol. The second kappa shape index (κ2) is 7.99. The number of nitrogens with two attached hydrogens (primary N) is 1. The van der Waals surface area contributed by atoms with E-state index in [9.17, 15) is 13.2 Å². The van der Waals surface area contributed by atoms with E-state index in [1.807, 2.05) is 12.1 Å². The Morgan fingerprint density at radius 3 is 2.17 bits per heavy atom. The number of halogens is 1. The van der Waals surface area contributed by atoms with E-state index in [4.69, 9.17) is 16.7 Å². The Morgan fingerprint density at radius 1 is 1.00 bits per heavy atom. The van der Waals surface area contributed by atoms with Crippen LogP contribution in [0, 0.1) is 5.92 Å². The lowest BCUT2D eigenvalue weighted by atomic mass is 10.0. The van der Waals surface area contributed by atoms with Crippen LogP contribution in [0.25, 0.3) is 21.7 Å². The van der Waals surface area contributed by atoms with Gasteiger partial charge >= 0.3 is 0 Å². The van der Waals surface area contributed by atoms with Crippen LogP contribution in [-0.4, -0.2) is 19.2 Å². The predicted octanol–water partition coefficient (Wildman–Crippen LogP) is 5.15. The van der Waals surface area contributed by atoms with Gasteiger partial charge in [0.1, 0.15) is 0 Å². The highest BCUT2D eigenvalue weighted by Gasteiger charge is 2.28. The third kappa shape index (κ3) is 4.28. The minimum Gasteiger partial charge on any atom is -0.291 e. The summed E-state index contributed by atoms with van der Waals surface area (Å²) < 4.78 is 23.1. The molecule has 0 bridgehead atoms. The van der Waals surface area contributed by atoms with Gasteiger partial charge in [0.15, 0.2) is 10.8 Å². The summed E-state index contributed by atoms with van der Waals surface area (Å²) in [6.45, 7) is 0. The number of aromatic nitrogens is 1. The van der Waals surface area contributed by atoms with Gasteiger partial charge in [0.05, 0.1) is 15.5 Å². The zero-order chi connectivity index (χ0) is 20.6. The number of rotatable bonds is 5. The molecule has 1 heterocycles. The molecule has 0 radical (unpaired) electrons. The third-order valence-electron chi connectivity index (χ3n) is 5.13. The van der Waals surface area contributed by atoms with Crippen LogP contribution in [0.2, 0.25) is 5.02 Å². The number of primary sulfonamides is 1. The standard InChI is InChI=1S/C21H19ClN2O3S2/c22-16-9-5-13(6-10-16)18-20(15-7-11-17(12-8-15)29(23,26)27)28-21(24-18)19(25)14-3-1-2-4-14/h5-12,14H,1-4H2,(H2,23,26,27). The summed E-state index contributed by atoms with van der Waals surface area (Å²) >= 11 is 7.36. The molecule has 1 saturated carbocycles. The van der Waals surface area contributed by atoms with Crippen molar-refractivity contribution in [1.29, 1.82) is 0 Å². The topological polar surface area (TPSA) is 90.1 Å². The van der Waals surface area contributed by atoms with E-state index in [2.05, 4.69) is 4.98 Å². The Hall–Kier alpha value is -2.06. The van der Waals surface area contributed by atoms with Gasteiger partial charge in [-0.15, -0.1) is 11.3 Å². The molecule has 0 atom stereocenters. The Kier molecular flexibility index (Phi) is 5.57. The van der Waals surface area contributed by atoms with Crippen molar-refractivity contribution in [2.45, 2.75) is 30.6 Å². The summed E-state index contributed by atoms with van der Waals surface area (Å²) in [6.07, 6.45) is 3.97. The van der Waals surface area contributed by atoms with Gasteiger partial charge in [-0.05, 0) is 42.7 Å². The van der Waals surface area contributed by atoms with Crippen molar-refractivity contribution >= 4 is 38.7 Å². The number of Topliss-reactive ketones (excluding diaryl/α,β-unsaturated/α-hetero) is 1. The smallest absolute Gasteiger partial charge is 0.238 e. The molecule has 0 amide bonds.